The average molecular weight is 398 g/mol. The van der Waals surface area contributed by atoms with Crippen molar-refractivity contribution >= 4 is 40.7 Å². The Bertz CT molecular complexity index is 893. The number of nitrogens with zero attached hydrogens (tertiary/aromatic N) is 3. The summed E-state index contributed by atoms with van der Waals surface area (Å²) in [7, 11) is 0. The van der Waals surface area contributed by atoms with Crippen molar-refractivity contribution < 1.29 is 4.79 Å². The molecule has 1 heterocycles. The van der Waals surface area contributed by atoms with Crippen LogP contribution in [0.5, 0.6) is 0 Å². The van der Waals surface area contributed by atoms with E-state index in [2.05, 4.69) is 35.8 Å². The van der Waals surface area contributed by atoms with Gasteiger partial charge < -0.3 is 0 Å². The Balaban J connectivity index is 1.77. The van der Waals surface area contributed by atoms with Crippen LogP contribution >= 0.6 is 23.4 Å². The first-order valence-corrected chi connectivity index (χ1v) is 9.84. The van der Waals surface area contributed by atoms with Gasteiger partial charge in [0.2, 0.25) is 5.91 Å². The fraction of sp³-hybridized carbons (Fsp3) is 0.190. The highest BCUT2D eigenvalue weighted by Crippen LogP contribution is 2.30. The molecule has 6 heteroatoms. The van der Waals surface area contributed by atoms with Crippen LogP contribution in [0.3, 0.4) is 0 Å². The molecule has 1 amide bonds. The normalized spacial score (nSPS) is 18.6. The van der Waals surface area contributed by atoms with E-state index in [0.29, 0.717) is 23.2 Å². The second-order valence-electron chi connectivity index (χ2n) is 6.15. The van der Waals surface area contributed by atoms with Crippen molar-refractivity contribution in [2.75, 3.05) is 6.54 Å². The number of amidine groups is 1. The third kappa shape index (κ3) is 4.87. The molecule has 1 unspecified atom stereocenters. The molecule has 0 bridgehead atoms. The molecule has 0 N–H and O–H groups in total. The van der Waals surface area contributed by atoms with Crippen LogP contribution in [0.1, 0.15) is 16.7 Å². The zero-order valence-corrected chi connectivity index (χ0v) is 16.6. The molecule has 0 aromatic heterocycles. The molecule has 0 radical (unpaired) electrons. The van der Waals surface area contributed by atoms with Gasteiger partial charge in [-0.3, -0.25) is 9.69 Å². The molecule has 1 fully saturated rings. The zero-order valence-electron chi connectivity index (χ0n) is 15.0. The lowest BCUT2D eigenvalue weighted by atomic mass is 10.0. The molecular formula is C21H20ClN3OS. The highest BCUT2D eigenvalue weighted by Gasteiger charge is 2.37. The standard InChI is InChI=1S/C21H20ClN3OS/c1-3-12-25-20(26)19(13-17-7-5-4-6-15(17)2)27-21(25)24-23-14-16-8-10-18(22)11-9-16/h3-11,14,19H,1,12-13H2,2H3/b23-14+,24-21+. The molecular weight excluding hydrogens is 378 g/mol. The van der Waals surface area contributed by atoms with Crippen LogP contribution in [0.2, 0.25) is 5.02 Å². The number of hydrogen-bond donors (Lipinski definition) is 0. The molecule has 4 nitrogen and oxygen atoms in total. The monoisotopic (exact) mass is 397 g/mol. The molecule has 138 valence electrons. The van der Waals surface area contributed by atoms with Crippen LogP contribution in [0.25, 0.3) is 0 Å². The van der Waals surface area contributed by atoms with Gasteiger partial charge in [-0.2, -0.15) is 5.10 Å². The second kappa shape index (κ2) is 9.02. The van der Waals surface area contributed by atoms with Crippen molar-refractivity contribution in [1.82, 2.24) is 4.90 Å². The van der Waals surface area contributed by atoms with Crippen LogP contribution in [0, 0.1) is 6.92 Å². The third-order valence-corrected chi connectivity index (χ3v) is 5.64. The van der Waals surface area contributed by atoms with E-state index in [-0.39, 0.29) is 11.2 Å². The van der Waals surface area contributed by atoms with Crippen molar-refractivity contribution in [1.29, 1.82) is 0 Å². The number of carbonyl (C=O) groups is 1. The first-order valence-electron chi connectivity index (χ1n) is 8.58. The minimum atomic E-state index is -0.199. The second-order valence-corrected chi connectivity index (χ2v) is 7.76. The predicted molar refractivity (Wildman–Crippen MR) is 115 cm³/mol. The molecule has 1 atom stereocenters. The maximum absolute atomic E-state index is 12.8. The minimum absolute atomic E-state index is 0.0450. The highest BCUT2D eigenvalue weighted by atomic mass is 35.5. The number of amides is 1. The Morgan fingerprint density at radius 3 is 2.67 bits per heavy atom. The zero-order chi connectivity index (χ0) is 19.2. The Kier molecular flexibility index (Phi) is 6.48. The Hall–Kier alpha value is -2.37. The maximum atomic E-state index is 12.8. The Labute approximate surface area is 168 Å². The summed E-state index contributed by atoms with van der Waals surface area (Å²) in [6, 6.07) is 15.5. The summed E-state index contributed by atoms with van der Waals surface area (Å²) < 4.78 is 0. The van der Waals surface area contributed by atoms with E-state index in [1.807, 2.05) is 24.3 Å². The number of carbonyl (C=O) groups excluding carboxylic acids is 1. The molecule has 0 spiro atoms. The molecule has 0 aliphatic carbocycles. The van der Waals surface area contributed by atoms with Gasteiger partial charge in [0.05, 0.1) is 11.5 Å². The van der Waals surface area contributed by atoms with Gasteiger partial charge in [-0.1, -0.05) is 65.8 Å². The molecule has 0 saturated carbocycles. The number of rotatable bonds is 6. The van der Waals surface area contributed by atoms with Crippen molar-refractivity contribution in [3.05, 3.63) is 82.9 Å². The summed E-state index contributed by atoms with van der Waals surface area (Å²) in [5.41, 5.74) is 3.25. The molecule has 1 aliphatic heterocycles. The molecule has 1 aliphatic rings. The van der Waals surface area contributed by atoms with E-state index in [9.17, 15) is 4.79 Å². The van der Waals surface area contributed by atoms with Crippen molar-refractivity contribution in [3.8, 4) is 0 Å². The quantitative estimate of drug-likeness (QED) is 0.402. The number of aryl methyl sites for hydroxylation is 1. The van der Waals surface area contributed by atoms with E-state index in [1.54, 1.807) is 29.3 Å². The van der Waals surface area contributed by atoms with E-state index in [4.69, 9.17) is 11.6 Å². The maximum Gasteiger partial charge on any atom is 0.242 e. The Morgan fingerprint density at radius 2 is 1.96 bits per heavy atom. The fourth-order valence-corrected chi connectivity index (χ4v) is 4.00. The topological polar surface area (TPSA) is 45.0 Å². The third-order valence-electron chi connectivity index (χ3n) is 4.22. The predicted octanol–water partition coefficient (Wildman–Crippen LogP) is 4.71. The number of benzene rings is 2. The Morgan fingerprint density at radius 1 is 1.22 bits per heavy atom. The van der Waals surface area contributed by atoms with Gasteiger partial charge in [-0.15, -0.1) is 11.7 Å². The molecule has 1 saturated heterocycles. The SMILES string of the molecule is C=CCN1C(=O)C(Cc2ccccc2C)S/C1=N/N=C/c1ccc(Cl)cc1. The fourth-order valence-electron chi connectivity index (χ4n) is 2.75. The van der Waals surface area contributed by atoms with Gasteiger partial charge in [0, 0.05) is 11.6 Å². The lowest BCUT2D eigenvalue weighted by Crippen LogP contribution is -2.32. The van der Waals surface area contributed by atoms with Crippen LogP contribution in [-0.4, -0.2) is 34.0 Å². The largest absolute Gasteiger partial charge is 0.285 e. The molecule has 3 rings (SSSR count). The van der Waals surface area contributed by atoms with E-state index in [1.165, 1.54) is 22.9 Å². The minimum Gasteiger partial charge on any atom is -0.285 e. The van der Waals surface area contributed by atoms with Gasteiger partial charge in [-0.25, -0.2) is 0 Å². The lowest BCUT2D eigenvalue weighted by molar-refractivity contribution is -0.125. The van der Waals surface area contributed by atoms with Crippen molar-refractivity contribution in [3.63, 3.8) is 0 Å². The summed E-state index contributed by atoms with van der Waals surface area (Å²) in [4.78, 5) is 14.4. The van der Waals surface area contributed by atoms with E-state index in [0.717, 1.165) is 5.56 Å². The van der Waals surface area contributed by atoms with Crippen LogP contribution in [-0.2, 0) is 11.2 Å². The lowest BCUT2D eigenvalue weighted by Gasteiger charge is -2.13. The van der Waals surface area contributed by atoms with E-state index < -0.39 is 0 Å². The summed E-state index contributed by atoms with van der Waals surface area (Å²) in [6.07, 6.45) is 4.02. The molecule has 2 aromatic carbocycles. The number of hydrogen-bond acceptors (Lipinski definition) is 4. The molecule has 2 aromatic rings. The van der Waals surface area contributed by atoms with Gasteiger partial charge in [0.15, 0.2) is 5.17 Å². The van der Waals surface area contributed by atoms with Crippen LogP contribution < -0.4 is 0 Å². The van der Waals surface area contributed by atoms with Gasteiger partial charge >= 0.3 is 0 Å². The van der Waals surface area contributed by atoms with Gasteiger partial charge in [0.1, 0.15) is 0 Å². The summed E-state index contributed by atoms with van der Waals surface area (Å²) in [5.74, 6) is 0.0450. The van der Waals surface area contributed by atoms with Gasteiger partial charge in [-0.05, 0) is 42.2 Å². The summed E-state index contributed by atoms with van der Waals surface area (Å²) in [6.45, 7) is 6.23. The first kappa shape index (κ1) is 19.4. The smallest absolute Gasteiger partial charge is 0.242 e. The van der Waals surface area contributed by atoms with Crippen LogP contribution in [0.4, 0.5) is 0 Å². The summed E-state index contributed by atoms with van der Waals surface area (Å²) in [5, 5.41) is 9.50. The van der Waals surface area contributed by atoms with E-state index >= 15 is 0 Å². The molecule has 27 heavy (non-hydrogen) atoms. The van der Waals surface area contributed by atoms with Gasteiger partial charge in [0.25, 0.3) is 0 Å². The van der Waals surface area contributed by atoms with Crippen molar-refractivity contribution in [2.24, 2.45) is 10.2 Å². The number of halogens is 1. The highest BCUT2D eigenvalue weighted by molar-refractivity contribution is 8.15. The summed E-state index contributed by atoms with van der Waals surface area (Å²) >= 11 is 7.34. The number of thioether (sulfide) groups is 1. The average Bonchev–Trinajstić information content (AvgIpc) is 2.95. The first-order chi connectivity index (χ1) is 13.1. The van der Waals surface area contributed by atoms with Crippen molar-refractivity contribution in [2.45, 2.75) is 18.6 Å². The van der Waals surface area contributed by atoms with Crippen LogP contribution in [0.15, 0.2) is 71.4 Å².